The van der Waals surface area contributed by atoms with Crippen LogP contribution >= 0.6 is 0 Å². The van der Waals surface area contributed by atoms with Crippen LogP contribution < -0.4 is 10.0 Å². The lowest BCUT2D eigenvalue weighted by atomic mass is 9.94. The van der Waals surface area contributed by atoms with Crippen molar-refractivity contribution in [3.63, 3.8) is 0 Å². The van der Waals surface area contributed by atoms with Crippen LogP contribution in [-0.2, 0) is 21.3 Å². The average molecular weight is 302 g/mol. The molecule has 0 aliphatic carbocycles. The van der Waals surface area contributed by atoms with E-state index in [-0.39, 0.29) is 4.90 Å². The highest BCUT2D eigenvalue weighted by molar-refractivity contribution is 7.89. The zero-order valence-corrected chi connectivity index (χ0v) is 12.7. The van der Waals surface area contributed by atoms with Crippen LogP contribution in [0.1, 0.15) is 19.8 Å². The van der Waals surface area contributed by atoms with E-state index in [4.69, 9.17) is 4.74 Å². The molecule has 0 unspecified atom stereocenters. The number of likely N-dealkylation sites (N-methyl/N-ethyl adjacent to an activating group) is 1. The highest BCUT2D eigenvalue weighted by atomic mass is 32.2. The lowest BCUT2D eigenvalue weighted by Crippen LogP contribution is -2.49. The van der Waals surface area contributed by atoms with Gasteiger partial charge in [0, 0.05) is 31.5 Å². The molecule has 0 amide bonds. The molecule has 2 rings (SSSR count). The lowest BCUT2D eigenvalue weighted by Gasteiger charge is -2.33. The first-order chi connectivity index (χ1) is 9.45. The van der Waals surface area contributed by atoms with E-state index in [1.54, 1.807) is 10.9 Å². The van der Waals surface area contributed by atoms with Gasteiger partial charge in [0.15, 0.2) is 0 Å². The highest BCUT2D eigenvalue weighted by Gasteiger charge is 2.33. The van der Waals surface area contributed by atoms with Crippen molar-refractivity contribution in [1.82, 2.24) is 19.8 Å². The van der Waals surface area contributed by atoms with Gasteiger partial charge in [0.1, 0.15) is 4.90 Å². The quantitative estimate of drug-likeness (QED) is 0.769. The van der Waals surface area contributed by atoms with Gasteiger partial charge in [-0.05, 0) is 26.8 Å². The third-order valence-electron chi connectivity index (χ3n) is 3.49. The molecule has 0 bridgehead atoms. The molecular weight excluding hydrogens is 280 g/mol. The van der Waals surface area contributed by atoms with Crippen molar-refractivity contribution in [3.05, 3.63) is 12.4 Å². The molecule has 8 heteroatoms. The number of hydrogen-bond acceptors (Lipinski definition) is 5. The maximum Gasteiger partial charge on any atom is 0.244 e. The standard InChI is InChI=1S/C12H22N4O3S/c1-12(3-7-19-8-4-12)15-20(17,18)11-9-14-16(10-11)6-5-13-2/h9-10,13,15H,3-8H2,1-2H3. The van der Waals surface area contributed by atoms with Crippen molar-refractivity contribution >= 4 is 10.0 Å². The second-order valence-corrected chi connectivity index (χ2v) is 7.00. The second kappa shape index (κ2) is 6.21. The third kappa shape index (κ3) is 3.78. The molecule has 0 aromatic carbocycles. The average Bonchev–Trinajstić information content (AvgIpc) is 2.85. The maximum absolute atomic E-state index is 12.4. The Labute approximate surface area is 119 Å². The third-order valence-corrected chi connectivity index (χ3v) is 5.08. The summed E-state index contributed by atoms with van der Waals surface area (Å²) in [5.41, 5.74) is -0.440. The molecule has 2 N–H and O–H groups in total. The second-order valence-electron chi connectivity index (χ2n) is 5.32. The van der Waals surface area contributed by atoms with Crippen molar-refractivity contribution < 1.29 is 13.2 Å². The van der Waals surface area contributed by atoms with Gasteiger partial charge < -0.3 is 10.1 Å². The molecule has 0 saturated carbocycles. The molecule has 0 atom stereocenters. The molecule has 1 aromatic rings. The van der Waals surface area contributed by atoms with E-state index in [0.29, 0.717) is 32.6 Å². The molecule has 2 heterocycles. The van der Waals surface area contributed by atoms with Crippen LogP contribution in [0.4, 0.5) is 0 Å². The summed E-state index contributed by atoms with van der Waals surface area (Å²) in [7, 11) is -1.69. The van der Waals surface area contributed by atoms with Gasteiger partial charge in [0.2, 0.25) is 10.0 Å². The molecule has 7 nitrogen and oxygen atoms in total. The number of nitrogens with zero attached hydrogens (tertiary/aromatic N) is 2. The lowest BCUT2D eigenvalue weighted by molar-refractivity contribution is 0.0537. The predicted octanol–water partition coefficient (Wildman–Crippen LogP) is -0.0501. The fourth-order valence-corrected chi connectivity index (χ4v) is 3.56. The minimum Gasteiger partial charge on any atom is -0.381 e. The van der Waals surface area contributed by atoms with Gasteiger partial charge in [-0.1, -0.05) is 0 Å². The summed E-state index contributed by atoms with van der Waals surface area (Å²) in [6.07, 6.45) is 4.31. The highest BCUT2D eigenvalue weighted by Crippen LogP contribution is 2.22. The van der Waals surface area contributed by atoms with E-state index in [0.717, 1.165) is 6.54 Å². The van der Waals surface area contributed by atoms with Crippen LogP contribution in [0.5, 0.6) is 0 Å². The van der Waals surface area contributed by atoms with Crippen molar-refractivity contribution in [1.29, 1.82) is 0 Å². The Hall–Kier alpha value is -0.960. The number of aromatic nitrogens is 2. The van der Waals surface area contributed by atoms with Gasteiger partial charge in [0.25, 0.3) is 0 Å². The van der Waals surface area contributed by atoms with Crippen LogP contribution in [0, 0.1) is 0 Å². The summed E-state index contributed by atoms with van der Waals surface area (Å²) in [6, 6.07) is 0. The van der Waals surface area contributed by atoms with Gasteiger partial charge in [-0.2, -0.15) is 5.10 Å². The van der Waals surface area contributed by atoms with Crippen LogP contribution in [0.15, 0.2) is 17.3 Å². The molecule has 114 valence electrons. The fraction of sp³-hybridized carbons (Fsp3) is 0.750. The summed E-state index contributed by atoms with van der Waals surface area (Å²) in [4.78, 5) is 0.210. The summed E-state index contributed by atoms with van der Waals surface area (Å²) >= 11 is 0. The Balaban J connectivity index is 2.07. The van der Waals surface area contributed by atoms with Gasteiger partial charge >= 0.3 is 0 Å². The summed E-state index contributed by atoms with van der Waals surface area (Å²) in [5.74, 6) is 0. The monoisotopic (exact) mass is 302 g/mol. The number of sulfonamides is 1. The van der Waals surface area contributed by atoms with Crippen LogP contribution in [0.2, 0.25) is 0 Å². The normalized spacial score (nSPS) is 19.1. The van der Waals surface area contributed by atoms with E-state index in [2.05, 4.69) is 15.1 Å². The van der Waals surface area contributed by atoms with Gasteiger partial charge in [-0.3, -0.25) is 4.68 Å². The Morgan fingerprint density at radius 2 is 2.15 bits per heavy atom. The largest absolute Gasteiger partial charge is 0.381 e. The van der Waals surface area contributed by atoms with E-state index in [9.17, 15) is 8.42 Å². The summed E-state index contributed by atoms with van der Waals surface area (Å²) in [6.45, 7) is 4.46. The number of nitrogens with one attached hydrogen (secondary N) is 2. The number of rotatable bonds is 6. The minimum absolute atomic E-state index is 0.210. The molecule has 20 heavy (non-hydrogen) atoms. The van der Waals surface area contributed by atoms with E-state index in [1.807, 2.05) is 14.0 Å². The zero-order valence-electron chi connectivity index (χ0n) is 11.9. The zero-order chi connectivity index (χ0) is 14.6. The Morgan fingerprint density at radius 1 is 1.45 bits per heavy atom. The van der Waals surface area contributed by atoms with E-state index < -0.39 is 15.6 Å². The fourth-order valence-electron chi connectivity index (χ4n) is 2.14. The SMILES string of the molecule is CNCCn1cc(S(=O)(=O)NC2(C)CCOCC2)cn1. The molecular formula is C12H22N4O3S. The first-order valence-electron chi connectivity index (χ1n) is 6.74. The number of ether oxygens (including phenoxy) is 1. The Morgan fingerprint density at radius 3 is 2.80 bits per heavy atom. The molecule has 1 aliphatic heterocycles. The Kier molecular flexibility index (Phi) is 4.79. The smallest absolute Gasteiger partial charge is 0.244 e. The molecule has 0 radical (unpaired) electrons. The van der Waals surface area contributed by atoms with Crippen LogP contribution in [0.3, 0.4) is 0 Å². The van der Waals surface area contributed by atoms with Crippen molar-refractivity contribution in [3.8, 4) is 0 Å². The first kappa shape index (κ1) is 15.4. The van der Waals surface area contributed by atoms with Crippen molar-refractivity contribution in [2.45, 2.75) is 36.7 Å². The van der Waals surface area contributed by atoms with Crippen LogP contribution in [-0.4, -0.2) is 50.5 Å². The number of hydrogen-bond donors (Lipinski definition) is 2. The van der Waals surface area contributed by atoms with Gasteiger partial charge in [-0.15, -0.1) is 0 Å². The molecule has 1 aromatic heterocycles. The predicted molar refractivity (Wildman–Crippen MR) is 74.9 cm³/mol. The Bertz CT molecular complexity index is 535. The van der Waals surface area contributed by atoms with Gasteiger partial charge in [-0.25, -0.2) is 13.1 Å². The molecule has 1 fully saturated rings. The van der Waals surface area contributed by atoms with Gasteiger partial charge in [0.05, 0.1) is 12.7 Å². The first-order valence-corrected chi connectivity index (χ1v) is 8.22. The van der Waals surface area contributed by atoms with E-state index in [1.165, 1.54) is 6.20 Å². The van der Waals surface area contributed by atoms with Crippen molar-refractivity contribution in [2.75, 3.05) is 26.8 Å². The van der Waals surface area contributed by atoms with Crippen LogP contribution in [0.25, 0.3) is 0 Å². The van der Waals surface area contributed by atoms with Crippen molar-refractivity contribution in [2.24, 2.45) is 0 Å². The topological polar surface area (TPSA) is 85.2 Å². The minimum atomic E-state index is -3.53. The molecule has 0 spiro atoms. The summed E-state index contributed by atoms with van der Waals surface area (Å²) < 4.78 is 34.4. The molecule has 1 saturated heterocycles. The van der Waals surface area contributed by atoms with E-state index >= 15 is 0 Å². The maximum atomic E-state index is 12.4. The molecule has 1 aliphatic rings. The summed E-state index contributed by atoms with van der Waals surface area (Å²) in [5, 5.41) is 7.06.